The molecule has 0 aliphatic carbocycles. The lowest BCUT2D eigenvalue weighted by Gasteiger charge is -2.36. The topological polar surface area (TPSA) is 119 Å². The number of pyridine rings is 1. The summed E-state index contributed by atoms with van der Waals surface area (Å²) in [6.07, 6.45) is 3.83. The van der Waals surface area contributed by atoms with Gasteiger partial charge in [-0.3, -0.25) is 15.1 Å². The van der Waals surface area contributed by atoms with Gasteiger partial charge in [-0.1, -0.05) is 6.42 Å². The molecule has 0 saturated carbocycles. The minimum Gasteiger partial charge on any atom is -0.326 e. The molecule has 25 heavy (non-hydrogen) atoms. The molecular formula is C16H20N4O4S. The molecule has 1 fully saturated rings. The van der Waals surface area contributed by atoms with Crippen LogP contribution < -0.4 is 5.73 Å². The van der Waals surface area contributed by atoms with Crippen molar-refractivity contribution in [2.45, 2.75) is 43.2 Å². The van der Waals surface area contributed by atoms with Crippen LogP contribution in [0.4, 0.5) is 5.69 Å². The molecule has 134 valence electrons. The van der Waals surface area contributed by atoms with Gasteiger partial charge in [0.2, 0.25) is 10.0 Å². The molecule has 1 aromatic heterocycles. The van der Waals surface area contributed by atoms with Crippen molar-refractivity contribution in [1.29, 1.82) is 0 Å². The summed E-state index contributed by atoms with van der Waals surface area (Å²) in [6.45, 7) is 2.19. The monoisotopic (exact) mass is 364 g/mol. The molecule has 2 aromatic rings. The number of nitrogens with two attached hydrogens (primary N) is 1. The molecule has 2 N–H and O–H groups in total. The molecule has 1 saturated heterocycles. The second kappa shape index (κ2) is 6.66. The van der Waals surface area contributed by atoms with E-state index >= 15 is 0 Å². The molecule has 0 amide bonds. The molecule has 0 radical (unpaired) electrons. The van der Waals surface area contributed by atoms with E-state index in [1.54, 1.807) is 13.0 Å². The van der Waals surface area contributed by atoms with Crippen LogP contribution in [0.2, 0.25) is 0 Å². The van der Waals surface area contributed by atoms with Crippen LogP contribution in [0.1, 0.15) is 26.2 Å². The Hall–Kier alpha value is -2.10. The fourth-order valence-electron chi connectivity index (χ4n) is 3.38. The highest BCUT2D eigenvalue weighted by molar-refractivity contribution is 7.89. The summed E-state index contributed by atoms with van der Waals surface area (Å²) in [5.74, 6) is 0. The number of non-ortho nitro benzene ring substituents is 1. The smallest absolute Gasteiger partial charge is 0.278 e. The third-order valence-electron chi connectivity index (χ3n) is 4.60. The molecule has 2 atom stereocenters. The van der Waals surface area contributed by atoms with E-state index in [4.69, 9.17) is 5.73 Å². The minimum atomic E-state index is -3.86. The van der Waals surface area contributed by atoms with Gasteiger partial charge in [-0.15, -0.1) is 0 Å². The Morgan fingerprint density at radius 1 is 1.36 bits per heavy atom. The van der Waals surface area contributed by atoms with E-state index in [2.05, 4.69) is 4.98 Å². The predicted octanol–water partition coefficient (Wildman–Crippen LogP) is 2.03. The van der Waals surface area contributed by atoms with E-state index in [-0.39, 0.29) is 33.6 Å². The molecule has 9 heteroatoms. The Bertz CT molecular complexity index is 913. The van der Waals surface area contributed by atoms with Crippen LogP contribution in [0.3, 0.4) is 0 Å². The highest BCUT2D eigenvalue weighted by atomic mass is 32.2. The van der Waals surface area contributed by atoms with Crippen LogP contribution in [-0.2, 0) is 10.0 Å². The number of hydrogen-bond acceptors (Lipinski definition) is 6. The number of fused-ring (bicyclic) bond motifs is 1. The van der Waals surface area contributed by atoms with Gasteiger partial charge < -0.3 is 5.73 Å². The molecular weight excluding hydrogens is 344 g/mol. The number of sulfonamides is 1. The first-order valence-corrected chi connectivity index (χ1v) is 9.57. The summed E-state index contributed by atoms with van der Waals surface area (Å²) < 4.78 is 27.9. The van der Waals surface area contributed by atoms with Crippen molar-refractivity contribution in [2.24, 2.45) is 5.73 Å². The van der Waals surface area contributed by atoms with Crippen LogP contribution in [-0.4, -0.2) is 41.3 Å². The van der Waals surface area contributed by atoms with Crippen molar-refractivity contribution in [3.05, 3.63) is 40.6 Å². The van der Waals surface area contributed by atoms with Crippen molar-refractivity contribution in [3.63, 3.8) is 0 Å². The number of rotatable bonds is 4. The number of hydrogen-bond donors (Lipinski definition) is 1. The first-order chi connectivity index (χ1) is 11.8. The maximum absolute atomic E-state index is 13.3. The van der Waals surface area contributed by atoms with E-state index < -0.39 is 14.9 Å². The molecule has 0 spiro atoms. The van der Waals surface area contributed by atoms with Gasteiger partial charge in [-0.2, -0.15) is 4.31 Å². The quantitative estimate of drug-likeness (QED) is 0.655. The fourth-order valence-corrected chi connectivity index (χ4v) is 5.30. The van der Waals surface area contributed by atoms with Crippen LogP contribution in [0, 0.1) is 10.1 Å². The molecule has 1 aliphatic heterocycles. The predicted molar refractivity (Wildman–Crippen MR) is 93.6 cm³/mol. The lowest BCUT2D eigenvalue weighted by atomic mass is 10.00. The molecule has 2 unspecified atom stereocenters. The maximum atomic E-state index is 13.3. The SMILES string of the molecule is CC(N)C1CCCCN1S(=O)(=O)c1ccc([N+](=O)[O-])c2cccnc12. The summed E-state index contributed by atoms with van der Waals surface area (Å²) in [6, 6.07) is 4.98. The second-order valence-corrected chi connectivity index (χ2v) is 8.14. The third kappa shape index (κ3) is 3.10. The van der Waals surface area contributed by atoms with Gasteiger partial charge in [-0.25, -0.2) is 8.42 Å². The van der Waals surface area contributed by atoms with Gasteiger partial charge in [0.25, 0.3) is 5.69 Å². The van der Waals surface area contributed by atoms with Crippen molar-refractivity contribution in [2.75, 3.05) is 6.54 Å². The number of aromatic nitrogens is 1. The van der Waals surface area contributed by atoms with E-state index in [1.807, 2.05) is 0 Å². The number of nitro groups is 1. The van der Waals surface area contributed by atoms with Gasteiger partial charge in [0.05, 0.1) is 15.8 Å². The molecule has 2 heterocycles. The number of benzene rings is 1. The molecule has 3 rings (SSSR count). The van der Waals surface area contributed by atoms with Crippen molar-refractivity contribution < 1.29 is 13.3 Å². The van der Waals surface area contributed by atoms with Gasteiger partial charge >= 0.3 is 0 Å². The van der Waals surface area contributed by atoms with Crippen LogP contribution in [0.15, 0.2) is 35.4 Å². The summed E-state index contributed by atoms with van der Waals surface area (Å²) in [5.41, 5.74) is 5.95. The largest absolute Gasteiger partial charge is 0.326 e. The Balaban J connectivity index is 2.18. The van der Waals surface area contributed by atoms with E-state index in [1.165, 1.54) is 28.7 Å². The second-order valence-electron chi connectivity index (χ2n) is 6.28. The minimum absolute atomic E-state index is 0.0127. The standard InChI is InChI=1S/C16H20N4O4S/c1-11(17)13-6-2-3-10-19(13)25(23,24)15-8-7-14(20(21)22)12-5-4-9-18-16(12)15/h4-5,7-9,11,13H,2-3,6,10,17H2,1H3. The van der Waals surface area contributed by atoms with Crippen molar-refractivity contribution in [1.82, 2.24) is 9.29 Å². The average Bonchev–Trinajstić information content (AvgIpc) is 2.60. The van der Waals surface area contributed by atoms with Crippen LogP contribution >= 0.6 is 0 Å². The number of piperidine rings is 1. The Morgan fingerprint density at radius 2 is 2.12 bits per heavy atom. The van der Waals surface area contributed by atoms with Gasteiger partial charge in [0.15, 0.2) is 0 Å². The normalized spacial score (nSPS) is 20.5. The zero-order valence-electron chi connectivity index (χ0n) is 13.8. The van der Waals surface area contributed by atoms with Gasteiger partial charge in [0.1, 0.15) is 4.90 Å². The molecule has 8 nitrogen and oxygen atoms in total. The zero-order chi connectivity index (χ0) is 18.2. The first kappa shape index (κ1) is 17.7. The summed E-state index contributed by atoms with van der Waals surface area (Å²) in [5, 5.41) is 11.4. The third-order valence-corrected chi connectivity index (χ3v) is 6.55. The fraction of sp³-hybridized carbons (Fsp3) is 0.438. The highest BCUT2D eigenvalue weighted by Gasteiger charge is 2.37. The van der Waals surface area contributed by atoms with Gasteiger partial charge in [0, 0.05) is 30.9 Å². The number of nitro benzene ring substituents is 1. The lowest BCUT2D eigenvalue weighted by molar-refractivity contribution is -0.383. The van der Waals surface area contributed by atoms with E-state index in [0.29, 0.717) is 13.0 Å². The summed E-state index contributed by atoms with van der Waals surface area (Å²) in [7, 11) is -3.86. The maximum Gasteiger partial charge on any atom is 0.278 e. The molecule has 1 aromatic carbocycles. The molecule has 1 aliphatic rings. The van der Waals surface area contributed by atoms with Crippen molar-refractivity contribution in [3.8, 4) is 0 Å². The van der Waals surface area contributed by atoms with E-state index in [9.17, 15) is 18.5 Å². The molecule has 0 bridgehead atoms. The van der Waals surface area contributed by atoms with Crippen molar-refractivity contribution >= 4 is 26.6 Å². The van der Waals surface area contributed by atoms with Crippen LogP contribution in [0.25, 0.3) is 10.9 Å². The van der Waals surface area contributed by atoms with Crippen LogP contribution in [0.5, 0.6) is 0 Å². The highest BCUT2D eigenvalue weighted by Crippen LogP contribution is 2.33. The number of nitrogens with zero attached hydrogens (tertiary/aromatic N) is 3. The zero-order valence-corrected chi connectivity index (χ0v) is 14.6. The Kier molecular flexibility index (Phi) is 4.72. The first-order valence-electron chi connectivity index (χ1n) is 8.13. The summed E-state index contributed by atoms with van der Waals surface area (Å²) in [4.78, 5) is 14.8. The Morgan fingerprint density at radius 3 is 2.80 bits per heavy atom. The lowest BCUT2D eigenvalue weighted by Crippen LogP contribution is -2.51. The average molecular weight is 364 g/mol. The Labute approximate surface area is 145 Å². The van der Waals surface area contributed by atoms with E-state index in [0.717, 1.165) is 12.8 Å². The summed E-state index contributed by atoms with van der Waals surface area (Å²) >= 11 is 0. The van der Waals surface area contributed by atoms with Gasteiger partial charge in [-0.05, 0) is 38.0 Å².